The van der Waals surface area contributed by atoms with Crippen LogP contribution in [0.2, 0.25) is 0 Å². The maximum absolute atomic E-state index is 4.96. The van der Waals surface area contributed by atoms with Gasteiger partial charge in [-0.3, -0.25) is 0 Å². The molecule has 0 unspecified atom stereocenters. The molecule has 0 amide bonds. The second kappa shape index (κ2) is 42.7. The third-order valence-electron chi connectivity index (χ3n) is 25.7. The molecule has 0 atom stereocenters. The minimum absolute atomic E-state index is 0.676. The van der Waals surface area contributed by atoms with Crippen molar-refractivity contribution in [1.82, 2.24) is 100 Å². The van der Waals surface area contributed by atoms with Gasteiger partial charge in [0, 0.05) is 205 Å². The Balaban J connectivity index is 0.000000103. The van der Waals surface area contributed by atoms with E-state index in [1.54, 1.807) is 74.3 Å². The van der Waals surface area contributed by atoms with Crippen LogP contribution in [0.4, 0.5) is 76.2 Å². The van der Waals surface area contributed by atoms with E-state index < -0.39 is 0 Å². The Bertz CT molecular complexity index is 7470. The molecule has 24 heterocycles. The van der Waals surface area contributed by atoms with Gasteiger partial charge in [-0.25, -0.2) is 59.8 Å². The van der Waals surface area contributed by atoms with Crippen molar-refractivity contribution in [3.05, 3.63) is 122 Å². The molecule has 6 N–H and O–H groups in total. The Labute approximate surface area is 824 Å². The summed E-state index contributed by atoms with van der Waals surface area (Å²) in [7, 11) is 15.5. The molecule has 1 aromatic carbocycles. The topological polar surface area (TPSA) is 343 Å². The van der Waals surface area contributed by atoms with E-state index in [1.165, 1.54) is 101 Å². The number of benzene rings is 1. The molecule has 19 aromatic rings. The van der Waals surface area contributed by atoms with Crippen LogP contribution in [0.15, 0.2) is 122 Å². The van der Waals surface area contributed by atoms with Crippen LogP contribution in [-0.2, 0) is 0 Å². The fraction of sp³-hybridized carbons (Fsp3) is 0.404. The zero-order chi connectivity index (χ0) is 94.1. The lowest BCUT2D eigenvalue weighted by Gasteiger charge is -2.28. The van der Waals surface area contributed by atoms with Gasteiger partial charge in [0.1, 0.15) is 68.8 Å². The highest BCUT2D eigenvalue weighted by molar-refractivity contribution is 7.28. The van der Waals surface area contributed by atoms with Gasteiger partial charge in [-0.05, 0) is 181 Å². The Kier molecular flexibility index (Phi) is 28.7. The monoisotopic (exact) mass is 1960 g/mol. The molecule has 6 aliphatic rings. The molecule has 18 aromatic heterocycles. The molecule has 138 heavy (non-hydrogen) atoms. The highest BCUT2D eigenvalue weighted by atomic mass is 32.1. The summed E-state index contributed by atoms with van der Waals surface area (Å²) in [5.41, 5.74) is 8.11. The number of pyridine rings is 6. The highest BCUT2D eigenvalue weighted by Crippen LogP contribution is 2.46. The summed E-state index contributed by atoms with van der Waals surface area (Å²) in [5, 5.41) is 38.4. The normalized spacial score (nSPS) is 15.4. The number of fused-ring (bicyclic) bond motifs is 18. The van der Waals surface area contributed by atoms with Crippen molar-refractivity contribution in [3.8, 4) is 11.3 Å². The van der Waals surface area contributed by atoms with Gasteiger partial charge < -0.3 is 71.1 Å². The van der Waals surface area contributed by atoms with E-state index >= 15 is 0 Å². The van der Waals surface area contributed by atoms with E-state index in [2.05, 4.69) is 174 Å². The molecule has 712 valence electrons. The summed E-state index contributed by atoms with van der Waals surface area (Å²) >= 11 is 10.2. The Morgan fingerprint density at radius 3 is 1.14 bits per heavy atom. The molecule has 0 bridgehead atoms. The van der Waals surface area contributed by atoms with Gasteiger partial charge in [0.25, 0.3) is 0 Å². The molecule has 6 saturated heterocycles. The minimum Gasteiger partial charge on any atom is -0.373 e. The first-order chi connectivity index (χ1) is 67.8. The third kappa shape index (κ3) is 19.8. The number of anilines is 13. The lowest BCUT2D eigenvalue weighted by molar-refractivity contribution is 0.571. The zero-order valence-electron chi connectivity index (χ0n) is 79.5. The maximum atomic E-state index is 4.96. The standard InChI is InChI=1S/C22H24N6S.C17H22N6S.C16H20N6S.C15H18N6S.C15H17N5S.C14H14N4S/c1-2-10-24-22-26-18-16-8-9-17(15-6-4-3-5-7-15)25-21(16)29-19(18)20(27-22)28-13-11-23-12-14-28;1-18-17-20-13-11-7-8-12(22(2)3)19-16(11)24-14(13)15(21-17)23-9-5-4-6-10-23;1-17-11-7-6-10-12-13(23-15(10)19-11)14(21-16(18-2)20-12)22-8-4-3-5-9-22;1-20(2)11-7-6-10-12-13(22-15(10)16-11)14(18-19-17-12)21-8-4-3-5-9-21;1-16-15-18-11-10-6-5-7-17-14(10)21-12(11)13(19-15)20-8-3-2-4-9-20;1-2-7-18(8-3-1)13-12-11(16-9-17-13)10-5-4-6-15-14(10)19-12/h3-9,23H,2,10-14H2,1H3,(H,24,26,27);7-8H,4-6,9-10H2,1-3H3,(H,18,20,21);6-7H,3-5,8-9H2,1-2H3,(H,17,19)(H,18,20,21);6-7H,3-5,8-9H2,1-2H3;5-7H,2-4,8-9H2,1H3,(H,16,18,19);4-6,9H,1-3,7-8H2. The van der Waals surface area contributed by atoms with E-state index in [0.717, 1.165) is 286 Å². The SMILES string of the molecule is CCCNc1nc(N2CCNCC2)c2sc3nc(-c4ccccc4)ccc3c2n1.CN(C)c1ccc2c(n1)sc1c(N3CCCCC3)nnnc12.CNc1ccc2c(n1)sc1c(N3CCCCC3)nc(NC)nc12.CNc1nc(N2CCCCC2)c2sc3nc(N(C)C)ccc3c2n1.CNc1nc(N2CCCCC2)c2sc3ncccc3c2n1.c1cnc2sc3c(N4CCCCC4)ncnc3c2c1. The fourth-order valence-electron chi connectivity index (χ4n) is 18.5. The second-order valence-electron chi connectivity index (χ2n) is 35.4. The van der Waals surface area contributed by atoms with Crippen LogP contribution in [0, 0.1) is 0 Å². The predicted molar refractivity (Wildman–Crippen MR) is 581 cm³/mol. The van der Waals surface area contributed by atoms with Crippen LogP contribution in [0.3, 0.4) is 0 Å². The van der Waals surface area contributed by atoms with Crippen LogP contribution in [0.25, 0.3) is 134 Å². The lowest BCUT2D eigenvalue weighted by atomic mass is 10.1. The fourth-order valence-corrected chi connectivity index (χ4v) is 25.2. The summed E-state index contributed by atoms with van der Waals surface area (Å²) < 4.78 is 6.86. The number of nitrogens with zero attached hydrogens (tertiary/aromatic N) is 27. The smallest absolute Gasteiger partial charge is 0.225 e. The van der Waals surface area contributed by atoms with Crippen LogP contribution in [0.1, 0.15) is 110 Å². The average molecular weight is 1960 g/mol. The van der Waals surface area contributed by atoms with E-state index in [9.17, 15) is 0 Å². The molecule has 6 aliphatic heterocycles. The zero-order valence-corrected chi connectivity index (χ0v) is 84.4. The van der Waals surface area contributed by atoms with Crippen LogP contribution >= 0.6 is 68.0 Å². The Morgan fingerprint density at radius 1 is 0.312 bits per heavy atom. The van der Waals surface area contributed by atoms with Crippen molar-refractivity contribution in [2.45, 2.75) is 110 Å². The molecule has 33 nitrogen and oxygen atoms in total. The number of piperidine rings is 5. The van der Waals surface area contributed by atoms with Crippen LogP contribution in [0.5, 0.6) is 0 Å². The first kappa shape index (κ1) is 92.9. The van der Waals surface area contributed by atoms with E-state index in [1.807, 2.05) is 121 Å². The molecule has 0 spiro atoms. The maximum Gasteiger partial charge on any atom is 0.225 e. The summed E-state index contributed by atoms with van der Waals surface area (Å²) in [4.78, 5) is 99.6. The molecular weight excluding hydrogens is 1840 g/mol. The predicted octanol–water partition coefficient (Wildman–Crippen LogP) is 20.0. The van der Waals surface area contributed by atoms with Crippen LogP contribution in [-0.4, -0.2) is 250 Å². The molecule has 25 rings (SSSR count). The van der Waals surface area contributed by atoms with Crippen LogP contribution < -0.4 is 71.1 Å². The quantitative estimate of drug-likeness (QED) is 0.0523. The van der Waals surface area contributed by atoms with Gasteiger partial charge in [0.2, 0.25) is 23.8 Å². The van der Waals surface area contributed by atoms with Gasteiger partial charge in [-0.15, -0.1) is 78.2 Å². The molecule has 0 saturated carbocycles. The number of hydrogen-bond donors (Lipinski definition) is 6. The highest BCUT2D eigenvalue weighted by Gasteiger charge is 2.29. The van der Waals surface area contributed by atoms with Crippen molar-refractivity contribution in [1.29, 1.82) is 0 Å². The Hall–Kier alpha value is -12.8. The first-order valence-electron chi connectivity index (χ1n) is 48.2. The largest absolute Gasteiger partial charge is 0.373 e. The van der Waals surface area contributed by atoms with Crippen molar-refractivity contribution >= 4 is 267 Å². The lowest BCUT2D eigenvalue weighted by Crippen LogP contribution is -2.44. The summed E-state index contributed by atoms with van der Waals surface area (Å²) in [6.07, 6.45) is 25.3. The van der Waals surface area contributed by atoms with Gasteiger partial charge in [0.15, 0.2) is 29.1 Å². The number of rotatable bonds is 16. The molecule has 0 radical (unpaired) electrons. The molecule has 39 heteroatoms. The van der Waals surface area contributed by atoms with Crippen molar-refractivity contribution in [3.63, 3.8) is 0 Å². The number of piperazine rings is 1. The van der Waals surface area contributed by atoms with Crippen molar-refractivity contribution in [2.75, 3.05) is 220 Å². The Morgan fingerprint density at radius 2 is 0.688 bits per heavy atom. The second-order valence-corrected chi connectivity index (χ2v) is 41.4. The van der Waals surface area contributed by atoms with Gasteiger partial charge >= 0.3 is 0 Å². The average Bonchev–Trinajstić information content (AvgIpc) is 1.98. The number of thiophene rings is 6. The minimum atomic E-state index is 0.676. The van der Waals surface area contributed by atoms with Crippen molar-refractivity contribution < 1.29 is 0 Å². The molecule has 6 fully saturated rings. The van der Waals surface area contributed by atoms with Gasteiger partial charge in [0.05, 0.1) is 56.8 Å². The van der Waals surface area contributed by atoms with Gasteiger partial charge in [-0.2, -0.15) is 19.9 Å². The van der Waals surface area contributed by atoms with Gasteiger partial charge in [-0.1, -0.05) is 37.3 Å². The molecular formula is C99H115N33S6. The number of aromatic nitrogens is 19. The van der Waals surface area contributed by atoms with E-state index in [4.69, 9.17) is 49.8 Å². The summed E-state index contributed by atoms with van der Waals surface area (Å²) in [6.45, 7) is 17.6. The summed E-state index contributed by atoms with van der Waals surface area (Å²) in [6, 6.07) is 35.1. The third-order valence-corrected chi connectivity index (χ3v) is 32.2. The summed E-state index contributed by atoms with van der Waals surface area (Å²) in [5.74, 6) is 11.8. The van der Waals surface area contributed by atoms with E-state index in [-0.39, 0.29) is 0 Å². The number of nitrogens with one attached hydrogen (secondary N) is 6. The first-order valence-corrected chi connectivity index (χ1v) is 53.1. The molecule has 0 aliphatic carbocycles. The van der Waals surface area contributed by atoms with E-state index in [0.29, 0.717) is 23.8 Å². The number of hydrogen-bond acceptors (Lipinski definition) is 39. The van der Waals surface area contributed by atoms with Crippen molar-refractivity contribution in [2.24, 2.45) is 0 Å².